The number of anilines is 3. The van der Waals surface area contributed by atoms with Gasteiger partial charge in [-0.3, -0.25) is 0 Å². The van der Waals surface area contributed by atoms with Crippen molar-refractivity contribution in [2.75, 3.05) is 4.90 Å². The van der Waals surface area contributed by atoms with Gasteiger partial charge in [-0.05, 0) is 110 Å². The number of nitrogens with zero attached hydrogens (tertiary/aromatic N) is 1. The van der Waals surface area contributed by atoms with Crippen molar-refractivity contribution in [2.45, 2.75) is 6.42 Å². The van der Waals surface area contributed by atoms with Gasteiger partial charge in [-0.15, -0.1) is 0 Å². The fraction of sp³-hybridized carbons (Fsp3) is 0.0244. The van der Waals surface area contributed by atoms with Crippen molar-refractivity contribution < 1.29 is 0 Å². The first kappa shape index (κ1) is 24.4. The van der Waals surface area contributed by atoms with Crippen molar-refractivity contribution in [1.82, 2.24) is 0 Å². The van der Waals surface area contributed by atoms with Crippen LogP contribution in [-0.4, -0.2) is 0 Å². The lowest BCUT2D eigenvalue weighted by Crippen LogP contribution is -2.09. The Morgan fingerprint density at radius 2 is 0.881 bits per heavy atom. The highest BCUT2D eigenvalue weighted by atomic mass is 15.1. The fourth-order valence-corrected chi connectivity index (χ4v) is 6.40. The van der Waals surface area contributed by atoms with Crippen LogP contribution < -0.4 is 4.90 Å². The molecule has 0 aromatic heterocycles. The number of para-hydroxylation sites is 2. The number of hydrogen-bond donors (Lipinski definition) is 0. The molecular formula is C41H29N. The molecule has 42 heavy (non-hydrogen) atoms. The molecule has 0 saturated carbocycles. The Labute approximate surface area is 247 Å². The molecule has 1 nitrogen and oxygen atoms in total. The fourth-order valence-electron chi connectivity index (χ4n) is 6.40. The zero-order valence-electron chi connectivity index (χ0n) is 23.2. The minimum absolute atomic E-state index is 0.989. The lowest BCUT2D eigenvalue weighted by atomic mass is 9.94. The molecule has 7 aromatic rings. The van der Waals surface area contributed by atoms with Gasteiger partial charge < -0.3 is 4.90 Å². The lowest BCUT2D eigenvalue weighted by Gasteiger charge is -2.25. The van der Waals surface area contributed by atoms with Gasteiger partial charge in [0.2, 0.25) is 0 Å². The maximum absolute atomic E-state index is 2.40. The van der Waals surface area contributed by atoms with Crippen molar-refractivity contribution in [3.63, 3.8) is 0 Å². The van der Waals surface area contributed by atoms with Gasteiger partial charge in [0.25, 0.3) is 0 Å². The van der Waals surface area contributed by atoms with Crippen LogP contribution in [0.15, 0.2) is 164 Å². The van der Waals surface area contributed by atoms with E-state index in [1.165, 1.54) is 55.3 Å². The van der Waals surface area contributed by atoms with Crippen LogP contribution in [0.2, 0.25) is 0 Å². The van der Waals surface area contributed by atoms with E-state index in [-0.39, 0.29) is 0 Å². The number of fused-ring (bicyclic) bond motifs is 4. The van der Waals surface area contributed by atoms with E-state index in [4.69, 9.17) is 0 Å². The second-order valence-corrected chi connectivity index (χ2v) is 11.0. The molecule has 1 aliphatic rings. The molecule has 0 fully saturated rings. The third-order valence-electron chi connectivity index (χ3n) is 8.48. The number of hydrogen-bond acceptors (Lipinski definition) is 1. The summed E-state index contributed by atoms with van der Waals surface area (Å²) in [5, 5.41) is 2.58. The average molecular weight is 536 g/mol. The van der Waals surface area contributed by atoms with E-state index in [2.05, 4.69) is 169 Å². The maximum Gasteiger partial charge on any atom is 0.0462 e. The van der Waals surface area contributed by atoms with Gasteiger partial charge in [0.05, 0.1) is 0 Å². The van der Waals surface area contributed by atoms with Gasteiger partial charge in [0.1, 0.15) is 0 Å². The smallest absolute Gasteiger partial charge is 0.0462 e. The van der Waals surface area contributed by atoms with Crippen LogP contribution in [0.1, 0.15) is 11.1 Å². The van der Waals surface area contributed by atoms with E-state index < -0.39 is 0 Å². The second-order valence-electron chi connectivity index (χ2n) is 11.0. The van der Waals surface area contributed by atoms with Crippen molar-refractivity contribution in [3.8, 4) is 33.4 Å². The highest BCUT2D eigenvalue weighted by Gasteiger charge is 2.20. The molecule has 0 radical (unpaired) electrons. The molecule has 0 heterocycles. The molecule has 0 aliphatic heterocycles. The van der Waals surface area contributed by atoms with Crippen LogP contribution in [0.3, 0.4) is 0 Å². The summed E-state index contributed by atoms with van der Waals surface area (Å²) in [5.74, 6) is 0. The Balaban J connectivity index is 1.16. The molecule has 0 bridgehead atoms. The van der Waals surface area contributed by atoms with Crippen LogP contribution in [0.25, 0.3) is 44.2 Å². The minimum atomic E-state index is 0.989. The SMILES string of the molecule is c1ccc(N(c2ccccc2)c2ccc(-c3ccc4c(c3)-c3cc(-c5cccc6ccccc56)ccc3C4)cc2)cc1. The lowest BCUT2D eigenvalue weighted by molar-refractivity contribution is 1.26. The van der Waals surface area contributed by atoms with E-state index in [1.54, 1.807) is 0 Å². The van der Waals surface area contributed by atoms with Crippen LogP contribution in [0.5, 0.6) is 0 Å². The van der Waals surface area contributed by atoms with Gasteiger partial charge in [-0.25, -0.2) is 0 Å². The van der Waals surface area contributed by atoms with Crippen molar-refractivity contribution in [2.24, 2.45) is 0 Å². The van der Waals surface area contributed by atoms with Crippen LogP contribution in [0.4, 0.5) is 17.1 Å². The van der Waals surface area contributed by atoms with E-state index in [0.717, 1.165) is 23.5 Å². The normalized spacial score (nSPS) is 11.7. The topological polar surface area (TPSA) is 3.24 Å². The van der Waals surface area contributed by atoms with Crippen molar-refractivity contribution >= 4 is 27.8 Å². The van der Waals surface area contributed by atoms with Gasteiger partial charge in [-0.1, -0.05) is 115 Å². The van der Waals surface area contributed by atoms with Crippen LogP contribution >= 0.6 is 0 Å². The molecule has 0 unspecified atom stereocenters. The molecule has 0 amide bonds. The van der Waals surface area contributed by atoms with Crippen LogP contribution in [0, 0.1) is 0 Å². The molecule has 1 heteroatoms. The van der Waals surface area contributed by atoms with Crippen LogP contribution in [-0.2, 0) is 6.42 Å². The standard InChI is InChI=1S/C41H29N/c1-3-12-35(13-4-1)42(36-14-5-2-6-15-36)37-24-22-29(23-25-37)31-18-19-32-26-33-20-21-34(28-41(33)40(32)27-31)39-17-9-11-30-10-7-8-16-38(30)39/h1-25,27-28H,26H2. The monoisotopic (exact) mass is 535 g/mol. The minimum Gasteiger partial charge on any atom is -0.311 e. The summed E-state index contributed by atoms with van der Waals surface area (Å²) in [6.45, 7) is 0. The Morgan fingerprint density at radius 3 is 1.57 bits per heavy atom. The molecule has 8 rings (SSSR count). The van der Waals surface area contributed by atoms with Gasteiger partial charge in [-0.2, -0.15) is 0 Å². The molecule has 0 saturated heterocycles. The Kier molecular flexibility index (Phi) is 5.93. The maximum atomic E-state index is 2.40. The summed E-state index contributed by atoms with van der Waals surface area (Å²) in [4.78, 5) is 2.30. The second kappa shape index (κ2) is 10.2. The third-order valence-corrected chi connectivity index (χ3v) is 8.48. The van der Waals surface area contributed by atoms with Gasteiger partial charge in [0, 0.05) is 17.1 Å². The van der Waals surface area contributed by atoms with E-state index >= 15 is 0 Å². The summed E-state index contributed by atoms with van der Waals surface area (Å²) < 4.78 is 0. The Morgan fingerprint density at radius 1 is 0.357 bits per heavy atom. The molecule has 0 spiro atoms. The molecule has 1 aliphatic carbocycles. The first-order chi connectivity index (χ1) is 20.8. The molecule has 0 N–H and O–H groups in total. The van der Waals surface area contributed by atoms with Crippen molar-refractivity contribution in [1.29, 1.82) is 0 Å². The average Bonchev–Trinajstić information content (AvgIpc) is 3.43. The van der Waals surface area contributed by atoms with E-state index in [0.29, 0.717) is 0 Å². The number of benzene rings is 7. The van der Waals surface area contributed by atoms with E-state index in [9.17, 15) is 0 Å². The summed E-state index contributed by atoms with van der Waals surface area (Å²) in [5.41, 5.74) is 14.0. The zero-order valence-corrected chi connectivity index (χ0v) is 23.2. The molecular weight excluding hydrogens is 506 g/mol. The number of rotatable bonds is 5. The van der Waals surface area contributed by atoms with E-state index in [1.807, 2.05) is 0 Å². The molecule has 7 aromatic carbocycles. The predicted molar refractivity (Wildman–Crippen MR) is 178 cm³/mol. The first-order valence-corrected chi connectivity index (χ1v) is 14.6. The zero-order chi connectivity index (χ0) is 27.9. The predicted octanol–water partition coefficient (Wildman–Crippen LogP) is 11.2. The molecule has 0 atom stereocenters. The Hall–Kier alpha value is -5.40. The highest BCUT2D eigenvalue weighted by molar-refractivity contribution is 5.98. The third kappa shape index (κ3) is 4.27. The molecule has 198 valence electrons. The summed E-state index contributed by atoms with van der Waals surface area (Å²) >= 11 is 0. The summed E-state index contributed by atoms with van der Waals surface area (Å²) in [6, 6.07) is 59.3. The summed E-state index contributed by atoms with van der Waals surface area (Å²) in [7, 11) is 0. The van der Waals surface area contributed by atoms with Gasteiger partial charge in [0.15, 0.2) is 0 Å². The highest BCUT2D eigenvalue weighted by Crippen LogP contribution is 2.42. The van der Waals surface area contributed by atoms with Crippen molar-refractivity contribution in [3.05, 3.63) is 175 Å². The quantitative estimate of drug-likeness (QED) is 0.212. The van der Waals surface area contributed by atoms with Gasteiger partial charge >= 0.3 is 0 Å². The Bertz CT molecular complexity index is 2000. The summed E-state index contributed by atoms with van der Waals surface area (Å²) in [6.07, 6.45) is 0.989. The largest absolute Gasteiger partial charge is 0.311 e. The first-order valence-electron chi connectivity index (χ1n) is 14.6.